The summed E-state index contributed by atoms with van der Waals surface area (Å²) >= 11 is 11.9. The van der Waals surface area contributed by atoms with Crippen molar-refractivity contribution in [3.05, 3.63) is 45.8 Å². The van der Waals surface area contributed by atoms with Crippen molar-refractivity contribution in [1.82, 2.24) is 19.9 Å². The number of aromatic amines is 1. The highest BCUT2D eigenvalue weighted by atomic mass is 35.5. The first-order valence-electron chi connectivity index (χ1n) is 5.98. The van der Waals surface area contributed by atoms with Crippen LogP contribution < -0.4 is 5.32 Å². The number of rotatable bonds is 2. The average Bonchev–Trinajstić information content (AvgIpc) is 2.86. The second kappa shape index (κ2) is 5.31. The molecular weight excluding hydrogens is 313 g/mol. The third-order valence-corrected chi connectivity index (χ3v) is 3.26. The van der Waals surface area contributed by atoms with Crippen molar-refractivity contribution in [2.24, 2.45) is 0 Å². The van der Waals surface area contributed by atoms with E-state index in [9.17, 15) is 4.79 Å². The fourth-order valence-electron chi connectivity index (χ4n) is 1.89. The Hall–Kier alpha value is -2.18. The van der Waals surface area contributed by atoms with Crippen molar-refractivity contribution >= 4 is 46.2 Å². The highest BCUT2D eigenvalue weighted by molar-refractivity contribution is 6.33. The quantitative estimate of drug-likeness (QED) is 0.710. The minimum atomic E-state index is -0.369. The molecule has 8 heteroatoms. The molecular formula is C13H9Cl2N5O. The van der Waals surface area contributed by atoms with E-state index in [0.717, 1.165) is 5.56 Å². The molecule has 0 fully saturated rings. The number of hydrogen-bond acceptors (Lipinski definition) is 4. The zero-order valence-electron chi connectivity index (χ0n) is 10.8. The van der Waals surface area contributed by atoms with Crippen LogP contribution in [0, 0.1) is 6.92 Å². The van der Waals surface area contributed by atoms with Gasteiger partial charge in [-0.2, -0.15) is 9.97 Å². The summed E-state index contributed by atoms with van der Waals surface area (Å²) in [4.78, 5) is 27.1. The summed E-state index contributed by atoms with van der Waals surface area (Å²) in [5.41, 5.74) is 2.21. The molecule has 2 heterocycles. The van der Waals surface area contributed by atoms with E-state index in [1.165, 1.54) is 6.33 Å². The SMILES string of the molecule is Cc1cc(Cl)cc(C(=O)Nc2nc(Cl)c3[nH]cnc3n2)c1. The van der Waals surface area contributed by atoms with Gasteiger partial charge in [0.1, 0.15) is 5.52 Å². The van der Waals surface area contributed by atoms with Gasteiger partial charge in [0.25, 0.3) is 5.91 Å². The van der Waals surface area contributed by atoms with Crippen LogP contribution in [-0.4, -0.2) is 25.8 Å². The number of aromatic nitrogens is 4. The largest absolute Gasteiger partial charge is 0.341 e. The van der Waals surface area contributed by atoms with Gasteiger partial charge < -0.3 is 4.98 Å². The van der Waals surface area contributed by atoms with Gasteiger partial charge in [0.2, 0.25) is 5.95 Å². The molecule has 0 aliphatic heterocycles. The number of H-pyrrole nitrogens is 1. The maximum Gasteiger partial charge on any atom is 0.258 e. The van der Waals surface area contributed by atoms with Crippen LogP contribution in [0.2, 0.25) is 10.2 Å². The Bertz CT molecular complexity index is 825. The Labute approximate surface area is 129 Å². The summed E-state index contributed by atoms with van der Waals surface area (Å²) in [7, 11) is 0. The molecule has 3 rings (SSSR count). The van der Waals surface area contributed by atoms with E-state index in [-0.39, 0.29) is 17.0 Å². The molecule has 0 saturated carbocycles. The van der Waals surface area contributed by atoms with E-state index >= 15 is 0 Å². The average molecular weight is 322 g/mol. The number of hydrogen-bond donors (Lipinski definition) is 2. The summed E-state index contributed by atoms with van der Waals surface area (Å²) in [5.74, 6) is -0.284. The number of carbonyl (C=O) groups is 1. The number of aryl methyl sites for hydroxylation is 1. The normalized spacial score (nSPS) is 10.8. The molecule has 6 nitrogen and oxygen atoms in total. The van der Waals surface area contributed by atoms with Crippen LogP contribution in [0.15, 0.2) is 24.5 Å². The molecule has 0 aliphatic carbocycles. The molecule has 3 aromatic rings. The third-order valence-electron chi connectivity index (χ3n) is 2.77. The molecule has 0 radical (unpaired) electrons. The van der Waals surface area contributed by atoms with Gasteiger partial charge in [-0.25, -0.2) is 4.98 Å². The molecule has 21 heavy (non-hydrogen) atoms. The fraction of sp³-hybridized carbons (Fsp3) is 0.0769. The minimum Gasteiger partial charge on any atom is -0.341 e. The summed E-state index contributed by atoms with van der Waals surface area (Å²) in [6.45, 7) is 1.85. The lowest BCUT2D eigenvalue weighted by Gasteiger charge is -2.05. The number of fused-ring (bicyclic) bond motifs is 1. The number of amides is 1. The monoisotopic (exact) mass is 321 g/mol. The molecule has 0 bridgehead atoms. The Morgan fingerprint density at radius 2 is 2.05 bits per heavy atom. The standard InChI is InChI=1S/C13H9Cl2N5O/c1-6-2-7(4-8(14)3-6)12(21)20-13-18-10(15)9-11(19-13)17-5-16-9/h2-5H,1H3,(H2,16,17,18,19,20,21). The van der Waals surface area contributed by atoms with Gasteiger partial charge in [-0.05, 0) is 30.7 Å². The van der Waals surface area contributed by atoms with Gasteiger partial charge in [-0.1, -0.05) is 23.2 Å². The highest BCUT2D eigenvalue weighted by Gasteiger charge is 2.12. The Balaban J connectivity index is 1.92. The van der Waals surface area contributed by atoms with Crippen molar-refractivity contribution in [3.63, 3.8) is 0 Å². The van der Waals surface area contributed by atoms with E-state index < -0.39 is 0 Å². The maximum absolute atomic E-state index is 12.2. The number of benzene rings is 1. The summed E-state index contributed by atoms with van der Waals surface area (Å²) in [6.07, 6.45) is 1.46. The highest BCUT2D eigenvalue weighted by Crippen LogP contribution is 2.19. The molecule has 1 amide bonds. The van der Waals surface area contributed by atoms with Crippen LogP contribution in [0.5, 0.6) is 0 Å². The molecule has 2 N–H and O–H groups in total. The third kappa shape index (κ3) is 2.81. The Kier molecular flexibility index (Phi) is 3.48. The lowest BCUT2D eigenvalue weighted by Crippen LogP contribution is -2.14. The van der Waals surface area contributed by atoms with E-state index in [2.05, 4.69) is 25.3 Å². The molecule has 0 saturated heterocycles. The predicted octanol–water partition coefficient (Wildman–Crippen LogP) is 3.22. The van der Waals surface area contributed by atoms with E-state index in [1.807, 2.05) is 6.92 Å². The molecule has 2 aromatic heterocycles. The van der Waals surface area contributed by atoms with Crippen LogP contribution in [-0.2, 0) is 0 Å². The predicted molar refractivity (Wildman–Crippen MR) is 80.8 cm³/mol. The number of nitrogens with zero attached hydrogens (tertiary/aromatic N) is 3. The van der Waals surface area contributed by atoms with Gasteiger partial charge >= 0.3 is 0 Å². The van der Waals surface area contributed by atoms with Crippen molar-refractivity contribution in [3.8, 4) is 0 Å². The Morgan fingerprint density at radius 3 is 2.81 bits per heavy atom. The minimum absolute atomic E-state index is 0.0854. The van der Waals surface area contributed by atoms with E-state index in [0.29, 0.717) is 21.7 Å². The first-order chi connectivity index (χ1) is 10.0. The molecule has 0 unspecified atom stereocenters. The number of imidazole rings is 1. The van der Waals surface area contributed by atoms with Crippen LogP contribution in [0.25, 0.3) is 11.2 Å². The molecule has 0 aliphatic rings. The lowest BCUT2D eigenvalue weighted by molar-refractivity contribution is 0.102. The van der Waals surface area contributed by atoms with Crippen molar-refractivity contribution in [2.75, 3.05) is 5.32 Å². The smallest absolute Gasteiger partial charge is 0.258 e. The summed E-state index contributed by atoms with van der Waals surface area (Å²) in [5, 5.41) is 3.25. The summed E-state index contributed by atoms with van der Waals surface area (Å²) < 4.78 is 0. The van der Waals surface area contributed by atoms with Gasteiger partial charge in [0, 0.05) is 10.6 Å². The number of anilines is 1. The lowest BCUT2D eigenvalue weighted by atomic mass is 10.1. The molecule has 0 atom stereocenters. The Morgan fingerprint density at radius 1 is 1.24 bits per heavy atom. The van der Waals surface area contributed by atoms with Crippen molar-refractivity contribution in [2.45, 2.75) is 6.92 Å². The van der Waals surface area contributed by atoms with Crippen LogP contribution in [0.4, 0.5) is 5.95 Å². The van der Waals surface area contributed by atoms with Crippen LogP contribution >= 0.6 is 23.2 Å². The maximum atomic E-state index is 12.2. The number of nitrogens with one attached hydrogen (secondary N) is 2. The second-order valence-corrected chi connectivity index (χ2v) is 5.20. The van der Waals surface area contributed by atoms with Gasteiger partial charge in [0.05, 0.1) is 6.33 Å². The van der Waals surface area contributed by atoms with Gasteiger partial charge in [-0.3, -0.25) is 10.1 Å². The molecule has 0 spiro atoms. The zero-order chi connectivity index (χ0) is 15.0. The topological polar surface area (TPSA) is 83.6 Å². The fourth-order valence-corrected chi connectivity index (χ4v) is 2.40. The number of halogens is 2. The zero-order valence-corrected chi connectivity index (χ0v) is 12.3. The van der Waals surface area contributed by atoms with Crippen molar-refractivity contribution in [1.29, 1.82) is 0 Å². The van der Waals surface area contributed by atoms with Crippen molar-refractivity contribution < 1.29 is 4.79 Å². The van der Waals surface area contributed by atoms with E-state index in [1.54, 1.807) is 18.2 Å². The van der Waals surface area contributed by atoms with E-state index in [4.69, 9.17) is 23.2 Å². The molecule has 1 aromatic carbocycles. The summed E-state index contributed by atoms with van der Waals surface area (Å²) in [6, 6.07) is 5.05. The second-order valence-electron chi connectivity index (χ2n) is 4.41. The first-order valence-corrected chi connectivity index (χ1v) is 6.73. The van der Waals surface area contributed by atoms with Crippen LogP contribution in [0.1, 0.15) is 15.9 Å². The molecule has 106 valence electrons. The van der Waals surface area contributed by atoms with Gasteiger partial charge in [0.15, 0.2) is 10.8 Å². The first kappa shape index (κ1) is 13.8. The van der Waals surface area contributed by atoms with Crippen LogP contribution in [0.3, 0.4) is 0 Å². The van der Waals surface area contributed by atoms with Gasteiger partial charge in [-0.15, -0.1) is 0 Å². The number of carbonyl (C=O) groups excluding carboxylic acids is 1.